The average Bonchev–Trinajstić information content (AvgIpc) is 2.68. The van der Waals surface area contributed by atoms with Crippen molar-refractivity contribution in [1.82, 2.24) is 14.5 Å². The number of nitrogens with zero attached hydrogens (tertiary/aromatic N) is 3. The van der Waals surface area contributed by atoms with E-state index in [4.69, 9.17) is 4.74 Å². The summed E-state index contributed by atoms with van der Waals surface area (Å²) in [4.78, 5) is 8.98. The number of hydrogen-bond donors (Lipinski definition) is 0. The van der Waals surface area contributed by atoms with E-state index in [1.807, 2.05) is 23.8 Å². The summed E-state index contributed by atoms with van der Waals surface area (Å²) in [5.74, 6) is 2.05. The van der Waals surface area contributed by atoms with Crippen LogP contribution in [0.5, 0.6) is 0 Å². The van der Waals surface area contributed by atoms with E-state index in [1.54, 1.807) is 6.08 Å². The van der Waals surface area contributed by atoms with E-state index in [1.165, 1.54) is 0 Å². The van der Waals surface area contributed by atoms with Crippen LogP contribution in [0.2, 0.25) is 0 Å². The van der Waals surface area contributed by atoms with Crippen molar-refractivity contribution in [1.29, 1.82) is 0 Å². The van der Waals surface area contributed by atoms with Crippen molar-refractivity contribution in [2.75, 3.05) is 31.1 Å². The lowest BCUT2D eigenvalue weighted by atomic mass is 10.3. The van der Waals surface area contributed by atoms with Crippen LogP contribution in [0.15, 0.2) is 18.8 Å². The molecule has 0 aliphatic carbocycles. The SMILES string of the molecule is C=Cc1cnc2c(c1)nc(C)n2COCCS(C)(C)C. The summed E-state index contributed by atoms with van der Waals surface area (Å²) in [6.45, 7) is 7.03. The molecule has 0 atom stereocenters. The van der Waals surface area contributed by atoms with Gasteiger partial charge in [0.2, 0.25) is 0 Å². The number of imidazole rings is 1. The maximum Gasteiger partial charge on any atom is 0.161 e. The number of aryl methyl sites for hydroxylation is 1. The number of rotatable bonds is 6. The first-order chi connectivity index (χ1) is 9.40. The van der Waals surface area contributed by atoms with Gasteiger partial charge in [0.1, 0.15) is 18.1 Å². The third kappa shape index (κ3) is 3.61. The Morgan fingerprint density at radius 1 is 1.40 bits per heavy atom. The lowest BCUT2D eigenvalue weighted by molar-refractivity contribution is 0.0906. The fourth-order valence-electron chi connectivity index (χ4n) is 1.87. The molecule has 0 saturated heterocycles. The number of fused-ring (bicyclic) bond motifs is 1. The monoisotopic (exact) mass is 293 g/mol. The summed E-state index contributed by atoms with van der Waals surface area (Å²) < 4.78 is 7.80. The van der Waals surface area contributed by atoms with Crippen LogP contribution in [0.1, 0.15) is 11.4 Å². The van der Waals surface area contributed by atoms with Crippen molar-refractivity contribution in [3.8, 4) is 0 Å². The molecule has 0 N–H and O–H groups in total. The maximum absolute atomic E-state index is 5.78. The Balaban J connectivity index is 2.10. The standard InChI is InChI=1S/C15H23N3OS/c1-6-13-9-14-15(16-10-13)18(12(2)17-14)11-19-7-8-20(3,4)5/h6,9-10H,1,7-8,11H2,2-5H3. The van der Waals surface area contributed by atoms with Crippen LogP contribution in [-0.2, 0) is 11.5 Å². The highest BCUT2D eigenvalue weighted by Crippen LogP contribution is 2.33. The molecule has 0 radical (unpaired) electrons. The summed E-state index contributed by atoms with van der Waals surface area (Å²) in [6.07, 6.45) is 10.5. The maximum atomic E-state index is 5.78. The van der Waals surface area contributed by atoms with E-state index in [9.17, 15) is 0 Å². The van der Waals surface area contributed by atoms with Gasteiger partial charge >= 0.3 is 0 Å². The van der Waals surface area contributed by atoms with Gasteiger partial charge in [0, 0.05) is 11.9 Å². The highest BCUT2D eigenvalue weighted by Gasteiger charge is 2.09. The highest BCUT2D eigenvalue weighted by molar-refractivity contribution is 8.32. The first-order valence-corrected chi connectivity index (χ1v) is 9.62. The van der Waals surface area contributed by atoms with E-state index in [0.29, 0.717) is 6.73 Å². The predicted octanol–water partition coefficient (Wildman–Crippen LogP) is 3.05. The lowest BCUT2D eigenvalue weighted by Gasteiger charge is -2.24. The quantitative estimate of drug-likeness (QED) is 0.769. The van der Waals surface area contributed by atoms with E-state index >= 15 is 0 Å². The Hall–Kier alpha value is -1.33. The zero-order valence-electron chi connectivity index (χ0n) is 12.7. The minimum Gasteiger partial charge on any atom is -0.360 e. The summed E-state index contributed by atoms with van der Waals surface area (Å²) in [5, 5.41) is 0. The van der Waals surface area contributed by atoms with Gasteiger partial charge in [-0.05, 0) is 37.3 Å². The van der Waals surface area contributed by atoms with Gasteiger partial charge in [-0.2, -0.15) is 0 Å². The van der Waals surface area contributed by atoms with Crippen LogP contribution in [0.4, 0.5) is 0 Å². The molecule has 20 heavy (non-hydrogen) atoms. The van der Waals surface area contributed by atoms with Gasteiger partial charge in [-0.25, -0.2) is 20.0 Å². The Morgan fingerprint density at radius 3 is 2.80 bits per heavy atom. The minimum atomic E-state index is -0.503. The van der Waals surface area contributed by atoms with Crippen LogP contribution < -0.4 is 0 Å². The molecule has 0 amide bonds. The fraction of sp³-hybridized carbons (Fsp3) is 0.467. The summed E-state index contributed by atoms with van der Waals surface area (Å²) in [7, 11) is -0.503. The Labute approximate surface area is 122 Å². The smallest absolute Gasteiger partial charge is 0.161 e. The van der Waals surface area contributed by atoms with Gasteiger partial charge in [-0.1, -0.05) is 12.7 Å². The number of hydrogen-bond acceptors (Lipinski definition) is 3. The summed E-state index contributed by atoms with van der Waals surface area (Å²) in [6, 6.07) is 2.00. The highest BCUT2D eigenvalue weighted by atomic mass is 32.3. The van der Waals surface area contributed by atoms with Gasteiger partial charge in [0.05, 0.1) is 6.61 Å². The van der Waals surface area contributed by atoms with Crippen LogP contribution >= 0.6 is 10.0 Å². The Bertz CT molecular complexity index is 613. The molecule has 2 rings (SSSR count). The zero-order chi connectivity index (χ0) is 14.8. The van der Waals surface area contributed by atoms with Gasteiger partial charge in [0.15, 0.2) is 5.65 Å². The molecule has 0 aliphatic rings. The second-order valence-corrected chi connectivity index (χ2v) is 10.3. The fourth-order valence-corrected chi connectivity index (χ4v) is 2.49. The molecule has 4 nitrogen and oxygen atoms in total. The molecule has 2 aromatic heterocycles. The van der Waals surface area contributed by atoms with Gasteiger partial charge < -0.3 is 4.74 Å². The average molecular weight is 293 g/mol. The van der Waals surface area contributed by atoms with Crippen molar-refractivity contribution in [2.24, 2.45) is 0 Å². The van der Waals surface area contributed by atoms with Crippen molar-refractivity contribution < 1.29 is 4.74 Å². The molecule has 0 spiro atoms. The number of aromatic nitrogens is 3. The van der Waals surface area contributed by atoms with E-state index in [-0.39, 0.29) is 0 Å². The van der Waals surface area contributed by atoms with Crippen molar-refractivity contribution >= 4 is 27.3 Å². The summed E-state index contributed by atoms with van der Waals surface area (Å²) >= 11 is 0. The third-order valence-electron chi connectivity index (χ3n) is 3.09. The molecular weight excluding hydrogens is 270 g/mol. The topological polar surface area (TPSA) is 39.9 Å². The van der Waals surface area contributed by atoms with Crippen LogP contribution in [-0.4, -0.2) is 45.7 Å². The molecule has 110 valence electrons. The van der Waals surface area contributed by atoms with Crippen molar-refractivity contribution in [2.45, 2.75) is 13.7 Å². The molecule has 0 saturated carbocycles. The van der Waals surface area contributed by atoms with Gasteiger partial charge in [-0.3, -0.25) is 4.57 Å². The van der Waals surface area contributed by atoms with Gasteiger partial charge in [-0.15, -0.1) is 0 Å². The largest absolute Gasteiger partial charge is 0.360 e. The molecule has 0 bridgehead atoms. The van der Waals surface area contributed by atoms with Crippen LogP contribution in [0.25, 0.3) is 17.2 Å². The molecule has 0 fully saturated rings. The summed E-state index contributed by atoms with van der Waals surface area (Å²) in [5.41, 5.74) is 2.75. The molecule has 0 unspecified atom stereocenters. The first kappa shape index (κ1) is 15.1. The number of pyridine rings is 1. The normalized spacial score (nSPS) is 12.8. The molecule has 0 aliphatic heterocycles. The van der Waals surface area contributed by atoms with E-state index in [2.05, 4.69) is 35.3 Å². The molecule has 2 aromatic rings. The van der Waals surface area contributed by atoms with Crippen molar-refractivity contribution in [3.05, 3.63) is 30.2 Å². The zero-order valence-corrected chi connectivity index (χ0v) is 13.5. The Morgan fingerprint density at radius 2 is 2.15 bits per heavy atom. The van der Waals surface area contributed by atoms with Crippen molar-refractivity contribution in [3.63, 3.8) is 0 Å². The first-order valence-electron chi connectivity index (χ1n) is 6.60. The predicted molar refractivity (Wildman–Crippen MR) is 88.5 cm³/mol. The minimum absolute atomic E-state index is 0.503. The molecule has 0 aromatic carbocycles. The van der Waals surface area contributed by atoms with E-state index in [0.717, 1.165) is 34.9 Å². The van der Waals surface area contributed by atoms with E-state index < -0.39 is 10.0 Å². The molecular formula is C15H23N3OS. The second kappa shape index (κ2) is 5.97. The second-order valence-electron chi connectivity index (χ2n) is 5.73. The number of ether oxygens (including phenoxy) is 1. The Kier molecular flexibility index (Phi) is 4.50. The molecule has 5 heteroatoms. The van der Waals surface area contributed by atoms with Crippen LogP contribution in [0, 0.1) is 6.92 Å². The lowest BCUT2D eigenvalue weighted by Crippen LogP contribution is -2.11. The van der Waals surface area contributed by atoms with Gasteiger partial charge in [0.25, 0.3) is 0 Å². The third-order valence-corrected chi connectivity index (χ3v) is 4.48. The van der Waals surface area contributed by atoms with Crippen LogP contribution in [0.3, 0.4) is 0 Å². The molecule has 2 heterocycles.